The van der Waals surface area contributed by atoms with Crippen LogP contribution in [-0.4, -0.2) is 26.7 Å². The number of benzene rings is 1. The maximum Gasteiger partial charge on any atom is 0.307 e. The Kier molecular flexibility index (Phi) is 4.33. The topological polar surface area (TPSA) is 107 Å². The Morgan fingerprint density at radius 2 is 2.12 bits per heavy atom. The minimum absolute atomic E-state index is 0.519. The molecule has 1 aliphatic rings. The average Bonchev–Trinajstić information content (AvgIpc) is 3.35. The Bertz CT molecular complexity index is 888. The molecule has 1 aromatic carbocycles. The van der Waals surface area contributed by atoms with Gasteiger partial charge in [0.2, 0.25) is 5.82 Å². The number of nitrogens with one attached hydrogen (secondary N) is 3. The van der Waals surface area contributed by atoms with E-state index in [4.69, 9.17) is 17.3 Å². The highest BCUT2D eigenvalue weighted by Crippen LogP contribution is 2.38. The molecule has 0 amide bonds. The SMILES string of the molecule is NCCc1cc(Nc2n[nH]c(C3CC3)n2)[nH+]c(-c2ccccc2Cl)n1. The first-order valence-corrected chi connectivity index (χ1v) is 8.68. The number of hydrogen-bond acceptors (Lipinski definition) is 5. The third-order valence-electron chi connectivity index (χ3n) is 4.06. The molecule has 0 spiro atoms. The Morgan fingerprint density at radius 3 is 2.88 bits per heavy atom. The van der Waals surface area contributed by atoms with Crippen LogP contribution in [0.2, 0.25) is 5.02 Å². The molecule has 0 atom stereocenters. The van der Waals surface area contributed by atoms with Gasteiger partial charge in [0.15, 0.2) is 0 Å². The molecule has 0 saturated heterocycles. The van der Waals surface area contributed by atoms with Crippen LogP contribution in [0.1, 0.15) is 30.3 Å². The Labute approximate surface area is 150 Å². The zero-order chi connectivity index (χ0) is 17.2. The normalized spacial score (nSPS) is 13.8. The summed E-state index contributed by atoms with van der Waals surface area (Å²) in [6.07, 6.45) is 3.02. The van der Waals surface area contributed by atoms with Crippen molar-refractivity contribution < 1.29 is 4.98 Å². The standard InChI is InChI=1S/C17H18ClN7/c18-13-4-2-1-3-12(13)16-20-11(7-8-19)9-14(21-16)22-17-23-15(24-25-17)10-5-6-10/h1-4,9-10H,5-8,19H2,(H2,20,21,22,23,24,25)/p+1. The molecule has 7 nitrogen and oxygen atoms in total. The van der Waals surface area contributed by atoms with E-state index in [0.29, 0.717) is 35.7 Å². The van der Waals surface area contributed by atoms with Gasteiger partial charge in [-0.15, -0.1) is 10.1 Å². The van der Waals surface area contributed by atoms with Crippen molar-refractivity contribution in [2.75, 3.05) is 11.9 Å². The van der Waals surface area contributed by atoms with Crippen LogP contribution in [-0.2, 0) is 6.42 Å². The molecule has 3 aromatic rings. The van der Waals surface area contributed by atoms with Gasteiger partial charge in [0.05, 0.1) is 10.6 Å². The minimum Gasteiger partial charge on any atom is -0.330 e. The summed E-state index contributed by atoms with van der Waals surface area (Å²) in [5.41, 5.74) is 7.40. The molecular formula is C17H19ClN7+. The van der Waals surface area contributed by atoms with E-state index >= 15 is 0 Å². The molecular weight excluding hydrogens is 338 g/mol. The van der Waals surface area contributed by atoms with E-state index in [1.165, 1.54) is 12.8 Å². The molecule has 0 aliphatic heterocycles. The van der Waals surface area contributed by atoms with Crippen molar-refractivity contribution in [3.05, 3.63) is 46.9 Å². The van der Waals surface area contributed by atoms with Gasteiger partial charge in [0.25, 0.3) is 5.82 Å². The van der Waals surface area contributed by atoms with Gasteiger partial charge in [-0.2, -0.15) is 4.98 Å². The summed E-state index contributed by atoms with van der Waals surface area (Å²) in [5.74, 6) is 3.42. The van der Waals surface area contributed by atoms with Gasteiger partial charge in [-0.05, 0) is 31.5 Å². The predicted molar refractivity (Wildman–Crippen MR) is 95.6 cm³/mol. The highest BCUT2D eigenvalue weighted by atomic mass is 35.5. The van der Waals surface area contributed by atoms with E-state index in [0.717, 1.165) is 22.9 Å². The summed E-state index contributed by atoms with van der Waals surface area (Å²) in [6.45, 7) is 0.519. The Morgan fingerprint density at radius 1 is 1.28 bits per heavy atom. The van der Waals surface area contributed by atoms with Gasteiger partial charge < -0.3 is 5.73 Å². The fraction of sp³-hybridized carbons (Fsp3) is 0.294. The van der Waals surface area contributed by atoms with Crippen molar-refractivity contribution in [3.8, 4) is 11.4 Å². The van der Waals surface area contributed by atoms with E-state index in [1.807, 2.05) is 30.3 Å². The quantitative estimate of drug-likeness (QED) is 0.629. The highest BCUT2D eigenvalue weighted by Gasteiger charge is 2.27. The van der Waals surface area contributed by atoms with Crippen molar-refractivity contribution >= 4 is 23.4 Å². The van der Waals surface area contributed by atoms with Gasteiger partial charge in [-0.1, -0.05) is 23.7 Å². The van der Waals surface area contributed by atoms with E-state index < -0.39 is 0 Å². The first kappa shape index (κ1) is 16.0. The number of aromatic amines is 2. The fourth-order valence-electron chi connectivity index (χ4n) is 2.65. The number of nitrogens with two attached hydrogens (primary N) is 1. The lowest BCUT2D eigenvalue weighted by Crippen LogP contribution is -2.18. The largest absolute Gasteiger partial charge is 0.330 e. The zero-order valence-electron chi connectivity index (χ0n) is 13.6. The van der Waals surface area contributed by atoms with E-state index in [2.05, 4.69) is 30.5 Å². The molecule has 1 saturated carbocycles. The van der Waals surface area contributed by atoms with Crippen LogP contribution in [0.15, 0.2) is 30.3 Å². The summed E-state index contributed by atoms with van der Waals surface area (Å²) in [5, 5.41) is 11.1. The number of H-pyrrole nitrogens is 2. The lowest BCUT2D eigenvalue weighted by atomic mass is 10.2. The first-order chi connectivity index (χ1) is 12.2. The van der Waals surface area contributed by atoms with Crippen LogP contribution in [0.3, 0.4) is 0 Å². The highest BCUT2D eigenvalue weighted by molar-refractivity contribution is 6.33. The molecule has 8 heteroatoms. The second-order valence-electron chi connectivity index (χ2n) is 6.10. The molecule has 128 valence electrons. The summed E-state index contributed by atoms with van der Waals surface area (Å²) in [4.78, 5) is 12.4. The van der Waals surface area contributed by atoms with Gasteiger partial charge >= 0.3 is 5.95 Å². The van der Waals surface area contributed by atoms with Gasteiger partial charge in [0, 0.05) is 18.4 Å². The van der Waals surface area contributed by atoms with Crippen molar-refractivity contribution in [1.29, 1.82) is 0 Å². The van der Waals surface area contributed by atoms with Crippen LogP contribution >= 0.6 is 11.6 Å². The smallest absolute Gasteiger partial charge is 0.307 e. The van der Waals surface area contributed by atoms with Gasteiger partial charge in [-0.3, -0.25) is 5.10 Å². The first-order valence-electron chi connectivity index (χ1n) is 8.30. The molecule has 2 aromatic heterocycles. The van der Waals surface area contributed by atoms with E-state index in [9.17, 15) is 0 Å². The number of aromatic nitrogens is 5. The maximum absolute atomic E-state index is 6.31. The van der Waals surface area contributed by atoms with Crippen LogP contribution in [0, 0.1) is 0 Å². The summed E-state index contributed by atoms with van der Waals surface area (Å²) in [6, 6.07) is 9.50. The molecule has 0 unspecified atom stereocenters. The molecule has 25 heavy (non-hydrogen) atoms. The van der Waals surface area contributed by atoms with Crippen molar-refractivity contribution in [2.45, 2.75) is 25.2 Å². The fourth-order valence-corrected chi connectivity index (χ4v) is 2.87. The van der Waals surface area contributed by atoms with E-state index in [-0.39, 0.29) is 0 Å². The van der Waals surface area contributed by atoms with E-state index in [1.54, 1.807) is 0 Å². The van der Waals surface area contributed by atoms with Gasteiger partial charge in [0.1, 0.15) is 11.5 Å². The molecule has 2 heterocycles. The predicted octanol–water partition coefficient (Wildman–Crippen LogP) is 2.46. The summed E-state index contributed by atoms with van der Waals surface area (Å²) < 4.78 is 0. The Balaban J connectivity index is 1.67. The number of halogens is 1. The molecule has 1 aliphatic carbocycles. The second kappa shape index (κ2) is 6.78. The number of rotatable bonds is 6. The Hall–Kier alpha value is -2.51. The van der Waals surface area contributed by atoms with Crippen molar-refractivity contribution in [1.82, 2.24) is 20.2 Å². The zero-order valence-corrected chi connectivity index (χ0v) is 14.3. The third-order valence-corrected chi connectivity index (χ3v) is 4.39. The van der Waals surface area contributed by atoms with Gasteiger partial charge in [-0.25, -0.2) is 10.3 Å². The molecule has 1 fully saturated rings. The van der Waals surface area contributed by atoms with Crippen molar-refractivity contribution in [3.63, 3.8) is 0 Å². The lowest BCUT2D eigenvalue weighted by Gasteiger charge is -2.04. The van der Waals surface area contributed by atoms with Crippen molar-refractivity contribution in [2.24, 2.45) is 5.73 Å². The number of anilines is 2. The van der Waals surface area contributed by atoms with Crippen LogP contribution in [0.25, 0.3) is 11.4 Å². The molecule has 0 radical (unpaired) electrons. The van der Waals surface area contributed by atoms with Crippen LogP contribution in [0.4, 0.5) is 11.8 Å². The third kappa shape index (κ3) is 3.62. The second-order valence-corrected chi connectivity index (χ2v) is 6.50. The molecule has 4 rings (SSSR count). The average molecular weight is 357 g/mol. The van der Waals surface area contributed by atoms with Crippen LogP contribution < -0.4 is 16.0 Å². The summed E-state index contributed by atoms with van der Waals surface area (Å²) >= 11 is 6.31. The monoisotopic (exact) mass is 356 g/mol. The molecule has 0 bridgehead atoms. The number of hydrogen-bond donors (Lipinski definition) is 3. The minimum atomic E-state index is 0.519. The number of nitrogens with zero attached hydrogens (tertiary/aromatic N) is 3. The lowest BCUT2D eigenvalue weighted by molar-refractivity contribution is -0.351. The summed E-state index contributed by atoms with van der Waals surface area (Å²) in [7, 11) is 0. The van der Waals surface area contributed by atoms with Crippen LogP contribution in [0.5, 0.6) is 0 Å². The molecule has 5 N–H and O–H groups in total. The maximum atomic E-state index is 6.31.